The Balaban J connectivity index is 4.34. The van der Waals surface area contributed by atoms with Crippen molar-refractivity contribution in [2.45, 2.75) is 187 Å². The Morgan fingerprint density at radius 1 is 0.679 bits per heavy atom. The fourth-order valence-corrected chi connectivity index (χ4v) is 6.54. The molecule has 0 heterocycles. The summed E-state index contributed by atoms with van der Waals surface area (Å²) in [6.45, 7) is 5.29. The van der Waals surface area contributed by atoms with E-state index >= 15 is 0 Å². The number of esters is 1. The molecule has 0 amide bonds. The summed E-state index contributed by atoms with van der Waals surface area (Å²) in [6, 6.07) is 0. The fourth-order valence-electron chi connectivity index (χ4n) is 5.80. The average Bonchev–Trinajstić information content (AvgIpc) is 3.11. The minimum atomic E-state index is -4.26. The molecule has 0 aromatic rings. The summed E-state index contributed by atoms with van der Waals surface area (Å²) < 4.78 is 34.9. The molecular formula is C42H83NO9P+. The van der Waals surface area contributed by atoms with E-state index in [0.717, 1.165) is 89.9 Å². The molecule has 11 heteroatoms. The number of nitrogens with zero attached hydrogens (tertiary/aromatic N) is 1. The number of ether oxygens (including phenoxy) is 2. The normalized spacial score (nSPS) is 14.6. The number of quaternary nitrogens is 1. The summed E-state index contributed by atoms with van der Waals surface area (Å²) in [5, 5.41) is 9.03. The van der Waals surface area contributed by atoms with Crippen LogP contribution in [0.4, 0.5) is 0 Å². The molecule has 0 aliphatic heterocycles. The molecule has 0 aliphatic rings. The largest absolute Gasteiger partial charge is 0.472 e. The number of hydrogen-bond acceptors (Lipinski definition) is 8. The third-order valence-electron chi connectivity index (χ3n) is 9.27. The van der Waals surface area contributed by atoms with Crippen LogP contribution in [-0.4, -0.2) is 86.9 Å². The van der Waals surface area contributed by atoms with Crippen molar-refractivity contribution in [1.29, 1.82) is 0 Å². The molecule has 0 saturated carbocycles. The lowest BCUT2D eigenvalue weighted by Gasteiger charge is -2.24. The van der Waals surface area contributed by atoms with Gasteiger partial charge in [-0.3, -0.25) is 19.1 Å². The van der Waals surface area contributed by atoms with E-state index in [0.29, 0.717) is 24.1 Å². The number of hydrogen-bond donors (Lipinski definition) is 2. The van der Waals surface area contributed by atoms with Crippen LogP contribution in [0.5, 0.6) is 0 Å². The van der Waals surface area contributed by atoms with Gasteiger partial charge in [0.05, 0.1) is 27.7 Å². The van der Waals surface area contributed by atoms with Crippen LogP contribution < -0.4 is 0 Å². The van der Waals surface area contributed by atoms with Gasteiger partial charge in [0.15, 0.2) is 0 Å². The molecule has 0 aromatic carbocycles. The van der Waals surface area contributed by atoms with Gasteiger partial charge in [0.2, 0.25) is 0 Å². The zero-order valence-corrected chi connectivity index (χ0v) is 35.7. The Hall–Kier alpha value is -1.10. The molecule has 314 valence electrons. The van der Waals surface area contributed by atoms with Crippen molar-refractivity contribution in [3.05, 3.63) is 24.3 Å². The van der Waals surface area contributed by atoms with Crippen LogP contribution in [0.3, 0.4) is 0 Å². The molecule has 0 fully saturated rings. The maximum atomic E-state index is 12.5. The second-order valence-electron chi connectivity index (χ2n) is 15.6. The van der Waals surface area contributed by atoms with Crippen LogP contribution in [0.2, 0.25) is 0 Å². The van der Waals surface area contributed by atoms with Crippen LogP contribution >= 0.6 is 7.82 Å². The third kappa shape index (κ3) is 39.0. The number of phosphoric ester groups is 1. The summed E-state index contributed by atoms with van der Waals surface area (Å²) in [5.74, 6) is -0.273. The standard InChI is InChI=1S/C42H82NO9P/c1-6-8-10-11-12-13-14-15-16-20-23-26-30-34-42(44)49-38-41(39-51-53(46,47)50-37-35-43(3,4)5)48-36-31-27-24-21-18-17-19-22-25-29-33-40(52-45)32-28-9-7-2/h22,25,29,33,40-41H,6-21,23-24,26-28,30-32,34-39H2,1-5H3,(H-,45,46,47)/p+1/b25-22+,33-29+/t40?,41-/m1/s1. The summed E-state index contributed by atoms with van der Waals surface area (Å²) in [4.78, 5) is 27.2. The maximum absolute atomic E-state index is 12.5. The second-order valence-corrected chi connectivity index (χ2v) is 17.1. The Kier molecular flexibility index (Phi) is 35.8. The van der Waals surface area contributed by atoms with Crippen molar-refractivity contribution in [2.75, 3.05) is 54.1 Å². The lowest BCUT2D eigenvalue weighted by Crippen LogP contribution is -2.37. The predicted molar refractivity (Wildman–Crippen MR) is 218 cm³/mol. The molecule has 0 rings (SSSR count). The fraction of sp³-hybridized carbons (Fsp3) is 0.881. The van der Waals surface area contributed by atoms with Crippen molar-refractivity contribution in [2.24, 2.45) is 0 Å². The first-order valence-corrected chi connectivity index (χ1v) is 22.9. The summed E-state index contributed by atoms with van der Waals surface area (Å²) in [5.41, 5.74) is 0. The van der Waals surface area contributed by atoms with Crippen molar-refractivity contribution >= 4 is 13.8 Å². The van der Waals surface area contributed by atoms with Gasteiger partial charge in [-0.1, -0.05) is 160 Å². The number of phosphoric acid groups is 1. The minimum Gasteiger partial charge on any atom is -0.463 e. The molecule has 2 unspecified atom stereocenters. The van der Waals surface area contributed by atoms with Gasteiger partial charge in [-0.2, -0.15) is 0 Å². The highest BCUT2D eigenvalue weighted by molar-refractivity contribution is 7.47. The molecule has 0 spiro atoms. The Morgan fingerprint density at radius 2 is 1.23 bits per heavy atom. The van der Waals surface area contributed by atoms with E-state index in [-0.39, 0.29) is 31.9 Å². The third-order valence-corrected chi connectivity index (χ3v) is 10.3. The molecular weight excluding hydrogens is 693 g/mol. The van der Waals surface area contributed by atoms with E-state index in [9.17, 15) is 14.3 Å². The number of carbonyl (C=O) groups is 1. The van der Waals surface area contributed by atoms with E-state index in [2.05, 4.69) is 24.8 Å². The van der Waals surface area contributed by atoms with Crippen molar-refractivity contribution in [3.63, 3.8) is 0 Å². The van der Waals surface area contributed by atoms with Gasteiger partial charge in [-0.05, 0) is 32.1 Å². The number of carbonyl (C=O) groups excluding carboxylic acids is 1. The number of rotatable bonds is 40. The molecule has 0 aromatic heterocycles. The van der Waals surface area contributed by atoms with Crippen LogP contribution in [0, 0.1) is 0 Å². The van der Waals surface area contributed by atoms with E-state index in [1.54, 1.807) is 0 Å². The zero-order chi connectivity index (χ0) is 39.3. The highest BCUT2D eigenvalue weighted by Gasteiger charge is 2.25. The van der Waals surface area contributed by atoms with E-state index in [1.165, 1.54) is 64.2 Å². The summed E-state index contributed by atoms with van der Waals surface area (Å²) in [7, 11) is 1.66. The molecule has 2 N–H and O–H groups in total. The Morgan fingerprint density at radius 3 is 1.81 bits per heavy atom. The van der Waals surface area contributed by atoms with Crippen LogP contribution in [-0.2, 0) is 32.8 Å². The van der Waals surface area contributed by atoms with Gasteiger partial charge >= 0.3 is 13.8 Å². The SMILES string of the molecule is CCCCCCCCCCCCCCCC(=O)OC[C@H](COP(=O)(O)OCC[N+](C)(C)C)OCCCCCCCC/C=C/C=C/C(CCCCC)OO. The van der Waals surface area contributed by atoms with Gasteiger partial charge in [-0.25, -0.2) is 9.45 Å². The summed E-state index contributed by atoms with van der Waals surface area (Å²) >= 11 is 0. The number of allylic oxidation sites excluding steroid dienone is 3. The maximum Gasteiger partial charge on any atom is 0.472 e. The van der Waals surface area contributed by atoms with E-state index in [1.807, 2.05) is 39.4 Å². The van der Waals surface area contributed by atoms with Crippen molar-refractivity contribution < 1.29 is 47.4 Å². The van der Waals surface area contributed by atoms with Crippen LogP contribution in [0.1, 0.15) is 174 Å². The first-order chi connectivity index (χ1) is 25.5. The highest BCUT2D eigenvalue weighted by Crippen LogP contribution is 2.43. The first-order valence-electron chi connectivity index (χ1n) is 21.4. The smallest absolute Gasteiger partial charge is 0.463 e. The molecule has 3 atom stereocenters. The van der Waals surface area contributed by atoms with Gasteiger partial charge < -0.3 is 18.9 Å². The van der Waals surface area contributed by atoms with Crippen LogP contribution in [0.15, 0.2) is 24.3 Å². The van der Waals surface area contributed by atoms with Gasteiger partial charge in [0, 0.05) is 13.0 Å². The topological polar surface area (TPSA) is 121 Å². The van der Waals surface area contributed by atoms with E-state index < -0.39 is 13.9 Å². The highest BCUT2D eigenvalue weighted by atomic mass is 31.2. The molecule has 53 heavy (non-hydrogen) atoms. The van der Waals surface area contributed by atoms with Gasteiger partial charge in [0.1, 0.15) is 32.0 Å². The van der Waals surface area contributed by atoms with Crippen molar-refractivity contribution in [1.82, 2.24) is 0 Å². The lowest BCUT2D eigenvalue weighted by molar-refractivity contribution is -0.870. The number of likely N-dealkylation sites (N-methyl/N-ethyl adjacent to an activating group) is 1. The number of unbranched alkanes of at least 4 members (excludes halogenated alkanes) is 20. The minimum absolute atomic E-state index is 0.0224. The van der Waals surface area contributed by atoms with Gasteiger partial charge in [0.25, 0.3) is 0 Å². The Bertz CT molecular complexity index is 925. The monoisotopic (exact) mass is 777 g/mol. The molecule has 0 bridgehead atoms. The van der Waals surface area contributed by atoms with Crippen LogP contribution in [0.25, 0.3) is 0 Å². The van der Waals surface area contributed by atoms with E-state index in [4.69, 9.17) is 23.8 Å². The summed E-state index contributed by atoms with van der Waals surface area (Å²) in [6.07, 6.45) is 35.3. The van der Waals surface area contributed by atoms with Crippen molar-refractivity contribution in [3.8, 4) is 0 Å². The molecule has 0 radical (unpaired) electrons. The predicted octanol–water partition coefficient (Wildman–Crippen LogP) is 11.5. The van der Waals surface area contributed by atoms with Gasteiger partial charge in [-0.15, -0.1) is 0 Å². The Labute approximate surface area is 325 Å². The molecule has 10 nitrogen and oxygen atoms in total. The second kappa shape index (κ2) is 36.5. The molecule has 0 saturated heterocycles. The first kappa shape index (κ1) is 51.9. The average molecular weight is 777 g/mol. The quantitative estimate of drug-likeness (QED) is 0.0119. The zero-order valence-electron chi connectivity index (χ0n) is 34.8. The lowest BCUT2D eigenvalue weighted by atomic mass is 10.0. The molecule has 0 aliphatic carbocycles.